The van der Waals surface area contributed by atoms with Crippen LogP contribution < -0.4 is 10.6 Å². The van der Waals surface area contributed by atoms with Crippen molar-refractivity contribution in [2.75, 3.05) is 39.8 Å². The number of rotatable bonds is 3. The molecule has 1 heterocycles. The van der Waals surface area contributed by atoms with Crippen molar-refractivity contribution < 1.29 is 14.4 Å². The lowest BCUT2D eigenvalue weighted by atomic mass is 9.88. The second-order valence-electron chi connectivity index (χ2n) is 6.06. The third-order valence-corrected chi connectivity index (χ3v) is 4.49. The molecule has 7 nitrogen and oxygen atoms in total. The molecule has 0 aromatic heterocycles. The van der Waals surface area contributed by atoms with Gasteiger partial charge in [-0.15, -0.1) is 0 Å². The number of carbonyl (C=O) groups excluding carboxylic acids is 3. The van der Waals surface area contributed by atoms with E-state index in [2.05, 4.69) is 10.6 Å². The highest BCUT2D eigenvalue weighted by atomic mass is 16.2. The molecule has 4 amide bonds. The summed E-state index contributed by atoms with van der Waals surface area (Å²) in [6.45, 7) is 2.89. The van der Waals surface area contributed by atoms with Gasteiger partial charge in [0.25, 0.3) is 0 Å². The zero-order chi connectivity index (χ0) is 15.9. The highest BCUT2D eigenvalue weighted by Crippen LogP contribution is 2.25. The summed E-state index contributed by atoms with van der Waals surface area (Å²) in [6.07, 6.45) is 5.62. The lowest BCUT2D eigenvalue weighted by Gasteiger charge is -2.36. The molecule has 1 aliphatic carbocycles. The van der Waals surface area contributed by atoms with Gasteiger partial charge in [0.15, 0.2) is 0 Å². The first-order chi connectivity index (χ1) is 10.6. The maximum atomic E-state index is 12.4. The first-order valence-corrected chi connectivity index (χ1v) is 8.13. The van der Waals surface area contributed by atoms with E-state index in [0.717, 1.165) is 25.7 Å². The molecule has 0 spiro atoms. The SMILES string of the molecule is CNC(=O)NC(=O)CN1CCN(C(=O)C2CCCCC2)CC1. The molecule has 1 saturated carbocycles. The zero-order valence-corrected chi connectivity index (χ0v) is 13.3. The summed E-state index contributed by atoms with van der Waals surface area (Å²) in [5.41, 5.74) is 0. The van der Waals surface area contributed by atoms with E-state index in [1.54, 1.807) is 0 Å². The third-order valence-electron chi connectivity index (χ3n) is 4.49. The molecule has 2 fully saturated rings. The standard InChI is InChI=1S/C15H26N4O3/c1-16-15(22)17-13(20)11-18-7-9-19(10-8-18)14(21)12-5-3-2-4-6-12/h12H,2-11H2,1H3,(H2,16,17,20,22). The molecular weight excluding hydrogens is 284 g/mol. The van der Waals surface area contributed by atoms with Gasteiger partial charge < -0.3 is 10.2 Å². The monoisotopic (exact) mass is 310 g/mol. The normalized spacial score (nSPS) is 20.5. The van der Waals surface area contributed by atoms with Gasteiger partial charge in [-0.3, -0.25) is 19.8 Å². The first kappa shape index (κ1) is 16.7. The van der Waals surface area contributed by atoms with Gasteiger partial charge in [0.1, 0.15) is 0 Å². The van der Waals surface area contributed by atoms with E-state index < -0.39 is 6.03 Å². The van der Waals surface area contributed by atoms with E-state index in [1.165, 1.54) is 13.5 Å². The van der Waals surface area contributed by atoms with Gasteiger partial charge in [0, 0.05) is 39.1 Å². The predicted molar refractivity (Wildman–Crippen MR) is 82.2 cm³/mol. The minimum Gasteiger partial charge on any atom is -0.341 e. The molecule has 2 aliphatic rings. The van der Waals surface area contributed by atoms with Crippen LogP contribution in [-0.4, -0.2) is 67.4 Å². The topological polar surface area (TPSA) is 81.8 Å². The van der Waals surface area contributed by atoms with Crippen molar-refractivity contribution in [3.63, 3.8) is 0 Å². The summed E-state index contributed by atoms with van der Waals surface area (Å²) in [6, 6.07) is -0.490. The van der Waals surface area contributed by atoms with Crippen molar-refractivity contribution in [3.8, 4) is 0 Å². The molecular formula is C15H26N4O3. The molecule has 22 heavy (non-hydrogen) atoms. The molecule has 1 aliphatic heterocycles. The molecule has 124 valence electrons. The number of nitrogens with one attached hydrogen (secondary N) is 2. The summed E-state index contributed by atoms with van der Waals surface area (Å²) in [5.74, 6) is 0.178. The van der Waals surface area contributed by atoms with Crippen molar-refractivity contribution in [1.29, 1.82) is 0 Å². The molecule has 0 bridgehead atoms. The Morgan fingerprint density at radius 3 is 2.23 bits per heavy atom. The smallest absolute Gasteiger partial charge is 0.321 e. The van der Waals surface area contributed by atoms with Gasteiger partial charge >= 0.3 is 6.03 Å². The number of amides is 4. The molecule has 0 atom stereocenters. The van der Waals surface area contributed by atoms with Crippen LogP contribution in [0.2, 0.25) is 0 Å². The van der Waals surface area contributed by atoms with Crippen molar-refractivity contribution in [2.45, 2.75) is 32.1 Å². The molecule has 0 aromatic carbocycles. The number of hydrogen-bond donors (Lipinski definition) is 2. The van der Waals surface area contributed by atoms with Gasteiger partial charge in [0.2, 0.25) is 11.8 Å². The van der Waals surface area contributed by atoms with Crippen molar-refractivity contribution in [2.24, 2.45) is 5.92 Å². The minimum atomic E-state index is -0.490. The summed E-state index contributed by atoms with van der Waals surface area (Å²) >= 11 is 0. The fourth-order valence-electron chi connectivity index (χ4n) is 3.17. The van der Waals surface area contributed by atoms with E-state index >= 15 is 0 Å². The average molecular weight is 310 g/mol. The summed E-state index contributed by atoms with van der Waals surface area (Å²) < 4.78 is 0. The quantitative estimate of drug-likeness (QED) is 0.778. The van der Waals surface area contributed by atoms with Gasteiger partial charge in [-0.1, -0.05) is 19.3 Å². The highest BCUT2D eigenvalue weighted by molar-refractivity contribution is 5.95. The number of urea groups is 1. The fraction of sp³-hybridized carbons (Fsp3) is 0.800. The Morgan fingerprint density at radius 1 is 1.00 bits per heavy atom. The Hall–Kier alpha value is -1.63. The Balaban J connectivity index is 1.72. The van der Waals surface area contributed by atoms with Crippen LogP contribution in [0.1, 0.15) is 32.1 Å². The number of piperazine rings is 1. The summed E-state index contributed by atoms with van der Waals surface area (Å²) in [4.78, 5) is 39.1. The van der Waals surface area contributed by atoms with E-state index in [4.69, 9.17) is 0 Å². The Labute approximate surface area is 131 Å². The maximum absolute atomic E-state index is 12.4. The fourth-order valence-corrected chi connectivity index (χ4v) is 3.17. The molecule has 2 rings (SSSR count). The van der Waals surface area contributed by atoms with Crippen LogP contribution in [0.3, 0.4) is 0 Å². The molecule has 0 aromatic rings. The summed E-state index contributed by atoms with van der Waals surface area (Å²) in [5, 5.41) is 4.60. The zero-order valence-electron chi connectivity index (χ0n) is 13.3. The Morgan fingerprint density at radius 2 is 1.64 bits per heavy atom. The minimum absolute atomic E-state index is 0.193. The van der Waals surface area contributed by atoms with Crippen molar-refractivity contribution >= 4 is 17.8 Å². The van der Waals surface area contributed by atoms with E-state index in [1.807, 2.05) is 9.80 Å². The number of nitrogens with zero attached hydrogens (tertiary/aromatic N) is 2. The lowest BCUT2D eigenvalue weighted by molar-refractivity contribution is -0.138. The second kappa shape index (κ2) is 8.12. The van der Waals surface area contributed by atoms with Gasteiger partial charge in [-0.05, 0) is 12.8 Å². The van der Waals surface area contributed by atoms with E-state index in [0.29, 0.717) is 26.2 Å². The maximum Gasteiger partial charge on any atom is 0.321 e. The number of carbonyl (C=O) groups is 3. The largest absolute Gasteiger partial charge is 0.341 e. The number of hydrogen-bond acceptors (Lipinski definition) is 4. The third kappa shape index (κ3) is 4.69. The average Bonchev–Trinajstić information content (AvgIpc) is 2.55. The predicted octanol–water partition coefficient (Wildman–Crippen LogP) is 0.167. The van der Waals surface area contributed by atoms with Crippen LogP contribution in [0.15, 0.2) is 0 Å². The van der Waals surface area contributed by atoms with E-state index in [-0.39, 0.29) is 24.3 Å². The van der Waals surface area contributed by atoms with Crippen LogP contribution in [0.25, 0.3) is 0 Å². The van der Waals surface area contributed by atoms with Crippen LogP contribution in [0.5, 0.6) is 0 Å². The molecule has 7 heteroatoms. The van der Waals surface area contributed by atoms with Crippen LogP contribution >= 0.6 is 0 Å². The van der Waals surface area contributed by atoms with Gasteiger partial charge in [-0.2, -0.15) is 0 Å². The molecule has 0 radical (unpaired) electrons. The van der Waals surface area contributed by atoms with Gasteiger partial charge in [0.05, 0.1) is 6.54 Å². The van der Waals surface area contributed by atoms with E-state index in [9.17, 15) is 14.4 Å². The van der Waals surface area contributed by atoms with Crippen LogP contribution in [-0.2, 0) is 9.59 Å². The number of imide groups is 1. The molecule has 2 N–H and O–H groups in total. The Bertz CT molecular complexity index is 413. The summed E-state index contributed by atoms with van der Waals surface area (Å²) in [7, 11) is 1.47. The van der Waals surface area contributed by atoms with Crippen molar-refractivity contribution in [1.82, 2.24) is 20.4 Å². The molecule has 1 saturated heterocycles. The second-order valence-corrected chi connectivity index (χ2v) is 6.06. The van der Waals surface area contributed by atoms with Crippen molar-refractivity contribution in [3.05, 3.63) is 0 Å². The molecule has 0 unspecified atom stereocenters. The van der Waals surface area contributed by atoms with Gasteiger partial charge in [-0.25, -0.2) is 4.79 Å². The van der Waals surface area contributed by atoms with Crippen LogP contribution in [0.4, 0.5) is 4.79 Å². The van der Waals surface area contributed by atoms with Crippen LogP contribution in [0, 0.1) is 5.92 Å². The highest BCUT2D eigenvalue weighted by Gasteiger charge is 2.28. The Kier molecular flexibility index (Phi) is 6.18. The first-order valence-electron chi connectivity index (χ1n) is 8.13. The lowest BCUT2D eigenvalue weighted by Crippen LogP contribution is -2.53.